The van der Waals surface area contributed by atoms with Crippen LogP contribution < -0.4 is 67.6 Å². The molecule has 1 aromatic carbocycles. The molecule has 34 heteroatoms. The molecule has 2 aromatic rings. The van der Waals surface area contributed by atoms with Gasteiger partial charge >= 0.3 is 47.8 Å². The Balaban J connectivity index is -0.000000197. The highest BCUT2D eigenvalue weighted by Crippen LogP contribution is 2.03. The zero-order chi connectivity index (χ0) is 61.3. The third-order valence-corrected chi connectivity index (χ3v) is 9.09. The maximum Gasteiger partial charge on any atom is 0.326 e. The molecule has 0 saturated carbocycles. The van der Waals surface area contributed by atoms with E-state index in [2.05, 4.69) is 25.9 Å². The number of unbranched alkanes of at least 4 members (excludes halogenated alkanes) is 2. The molecule has 1 heterocycles. The van der Waals surface area contributed by atoms with Crippen LogP contribution in [0.15, 0.2) is 42.9 Å². The first-order chi connectivity index (χ1) is 36.3. The van der Waals surface area contributed by atoms with Crippen molar-refractivity contribution in [2.75, 3.05) is 19.6 Å². The minimum Gasteiger partial charge on any atom is -0.481 e. The quantitative estimate of drug-likeness (QED) is 0.0218. The Morgan fingerprint density at radius 1 is 0.570 bits per heavy atom. The number of nitrogens with zero attached hydrogens (tertiary/aromatic N) is 1. The number of imidazole rings is 1. The zero-order valence-corrected chi connectivity index (χ0v) is 45.0. The van der Waals surface area contributed by atoms with E-state index in [4.69, 9.17) is 103 Å². The Hall–Kier alpha value is -7.79. The molecule has 0 fully saturated rings. The summed E-state index contributed by atoms with van der Waals surface area (Å²) in [5.74, 6) is -8.88. The lowest BCUT2D eigenvalue weighted by Crippen LogP contribution is -2.39. The molecule has 0 radical (unpaired) electrons. The minimum absolute atomic E-state index is 0. The molecule has 1 aromatic heterocycles. The Morgan fingerprint density at radius 2 is 0.975 bits per heavy atom. The SMILES string of the molecule is CCCCC(NC(C)=O)C(=O)O.Cl.N=C(N)NCCCC(N)C(=O)O.N=C(N)NCCCC(N)C(=O)O.NC(CC(=O)O)C(=O)O.NC(Cc1c[nH]cn1)C(=O)O.NC(Cc1ccccc1)C(=O)O.NCCCCC(N)C(=O)O. The lowest BCUT2D eigenvalue weighted by atomic mass is 10.1. The average Bonchev–Trinajstić information content (AvgIpc) is 3.87. The van der Waals surface area contributed by atoms with Gasteiger partial charge in [-0.05, 0) is 63.5 Å². The molecular formula is C45H85ClN16O17. The van der Waals surface area contributed by atoms with Crippen molar-refractivity contribution in [2.24, 2.45) is 51.6 Å². The van der Waals surface area contributed by atoms with Crippen LogP contribution in [-0.4, -0.2) is 178 Å². The highest BCUT2D eigenvalue weighted by molar-refractivity contribution is 5.85. The van der Waals surface area contributed by atoms with Crippen LogP contribution in [0.5, 0.6) is 0 Å². The molecule has 0 saturated heterocycles. The number of carbonyl (C=O) groups is 9. The molecule has 7 unspecified atom stereocenters. The minimum atomic E-state index is -1.29. The predicted octanol–water partition coefficient (Wildman–Crippen LogP) is -3.08. The van der Waals surface area contributed by atoms with Crippen molar-refractivity contribution in [3.05, 3.63) is 54.1 Å². The zero-order valence-electron chi connectivity index (χ0n) is 44.2. The van der Waals surface area contributed by atoms with Crippen molar-refractivity contribution >= 4 is 78.0 Å². The maximum absolute atomic E-state index is 10.5. The molecule has 0 aliphatic carbocycles. The van der Waals surface area contributed by atoms with Gasteiger partial charge in [0.05, 0.1) is 18.4 Å². The Kier molecular flexibility index (Phi) is 54.6. The van der Waals surface area contributed by atoms with E-state index < -0.39 is 96.5 Å². The van der Waals surface area contributed by atoms with Crippen molar-refractivity contribution in [3.8, 4) is 0 Å². The number of aromatic nitrogens is 2. The van der Waals surface area contributed by atoms with Crippen molar-refractivity contribution in [2.45, 2.75) is 140 Å². The van der Waals surface area contributed by atoms with Gasteiger partial charge in [-0.3, -0.25) is 49.2 Å². The second-order valence-electron chi connectivity index (χ2n) is 16.2. The summed E-state index contributed by atoms with van der Waals surface area (Å²) in [7, 11) is 0. The summed E-state index contributed by atoms with van der Waals surface area (Å²) in [4.78, 5) is 98.5. The summed E-state index contributed by atoms with van der Waals surface area (Å²) >= 11 is 0. The number of rotatable bonds is 29. The number of nitrogens with two attached hydrogens (primary N) is 9. The van der Waals surface area contributed by atoms with Gasteiger partial charge < -0.3 is 113 Å². The summed E-state index contributed by atoms with van der Waals surface area (Å²) in [6.07, 6.45) is 9.60. The number of nitrogens with one attached hydrogen (secondary N) is 6. The van der Waals surface area contributed by atoms with E-state index in [9.17, 15) is 43.2 Å². The number of hydrogen-bond donors (Lipinski definition) is 23. The number of H-pyrrole nitrogens is 1. The van der Waals surface area contributed by atoms with E-state index in [1.54, 1.807) is 6.20 Å². The van der Waals surface area contributed by atoms with Gasteiger partial charge in [-0.15, -0.1) is 12.4 Å². The van der Waals surface area contributed by atoms with E-state index in [0.29, 0.717) is 70.3 Å². The van der Waals surface area contributed by atoms with Crippen LogP contribution in [0.3, 0.4) is 0 Å². The van der Waals surface area contributed by atoms with Crippen LogP contribution in [0.25, 0.3) is 0 Å². The van der Waals surface area contributed by atoms with Crippen LogP contribution in [0.4, 0.5) is 0 Å². The third kappa shape index (κ3) is 59.3. The fourth-order valence-corrected chi connectivity index (χ4v) is 4.83. The van der Waals surface area contributed by atoms with E-state index in [-0.39, 0.29) is 36.7 Å². The van der Waals surface area contributed by atoms with Gasteiger partial charge in [-0.1, -0.05) is 56.5 Å². The molecule has 1 amide bonds. The van der Waals surface area contributed by atoms with Gasteiger partial charge in [0.2, 0.25) is 5.91 Å². The Bertz CT molecular complexity index is 1990. The second-order valence-corrected chi connectivity index (χ2v) is 16.2. The number of benzene rings is 1. The molecule has 33 nitrogen and oxygen atoms in total. The number of guanidine groups is 2. The summed E-state index contributed by atoms with van der Waals surface area (Å²) in [5.41, 5.74) is 47.9. The van der Waals surface area contributed by atoms with E-state index in [1.165, 1.54) is 13.3 Å². The molecule has 2 rings (SSSR count). The standard InChI is InChI=1S/C9H11NO2.C8H15NO3.2C6H14N4O2.C6H9N3O2.C6H14N2O2.C4H7NO4.ClH/c10-8(9(11)12)6-7-4-2-1-3-5-7;1-3-4-5-7(8(11)12)9-6(2)10;2*7-4(5(11)12)2-1-3-10-6(8)9;7-5(6(10)11)1-4-2-8-3-9-4;7-4-2-1-3-5(8)6(9)10;5-2(4(8)9)1-3(6)7;/h1-5,8H,6,10H2,(H,11,12);7H,3-5H2,1-2H3,(H,9,10)(H,11,12);2*4H,1-3,7H2,(H,11,12)(H4,8,9,10);2-3,5H,1,7H2,(H,8,9)(H,10,11);5H,1-4,7-8H2,(H,9,10);2H,1,5H2,(H,6,7)(H,8,9);1H. The molecular weight excluding hydrogens is 1070 g/mol. The van der Waals surface area contributed by atoms with Crippen molar-refractivity contribution < 1.29 is 84.0 Å². The van der Waals surface area contributed by atoms with Crippen molar-refractivity contribution in [1.82, 2.24) is 25.9 Å². The van der Waals surface area contributed by atoms with Crippen LogP contribution >= 0.6 is 12.4 Å². The molecule has 0 aliphatic rings. The number of aliphatic carboxylic acids is 8. The largest absolute Gasteiger partial charge is 0.481 e. The number of carbonyl (C=O) groups excluding carboxylic acids is 1. The fourth-order valence-electron chi connectivity index (χ4n) is 4.83. The second kappa shape index (κ2) is 52.3. The number of carboxylic acid groups (broad SMARTS) is 8. The number of carboxylic acids is 8. The topological polar surface area (TPSA) is 662 Å². The third-order valence-electron chi connectivity index (χ3n) is 9.09. The average molecular weight is 1160 g/mol. The number of halogens is 1. The van der Waals surface area contributed by atoms with E-state index >= 15 is 0 Å². The van der Waals surface area contributed by atoms with Gasteiger partial charge in [-0.25, -0.2) is 9.78 Å². The molecule has 0 bridgehead atoms. The van der Waals surface area contributed by atoms with Crippen LogP contribution in [-0.2, 0) is 56.0 Å². The molecule has 79 heavy (non-hydrogen) atoms. The van der Waals surface area contributed by atoms with Crippen molar-refractivity contribution in [3.63, 3.8) is 0 Å². The Morgan fingerprint density at radius 3 is 1.28 bits per heavy atom. The normalized spacial score (nSPS) is 12.3. The summed E-state index contributed by atoms with van der Waals surface area (Å²) in [5, 5.41) is 87.7. The van der Waals surface area contributed by atoms with Crippen LogP contribution in [0.1, 0.15) is 95.7 Å². The summed E-state index contributed by atoms with van der Waals surface area (Å²) in [6.45, 7) is 4.87. The first-order valence-corrected chi connectivity index (χ1v) is 23.8. The highest BCUT2D eigenvalue weighted by atomic mass is 35.5. The van der Waals surface area contributed by atoms with Gasteiger partial charge in [0.15, 0.2) is 11.9 Å². The van der Waals surface area contributed by atoms with Gasteiger partial charge in [0.25, 0.3) is 0 Å². The summed E-state index contributed by atoms with van der Waals surface area (Å²) < 4.78 is 0. The maximum atomic E-state index is 10.5. The highest BCUT2D eigenvalue weighted by Gasteiger charge is 2.18. The monoisotopic (exact) mass is 1160 g/mol. The molecule has 454 valence electrons. The smallest absolute Gasteiger partial charge is 0.326 e. The first kappa shape index (κ1) is 82.5. The number of amides is 1. The summed E-state index contributed by atoms with van der Waals surface area (Å²) in [6, 6.07) is 3.31. The number of aromatic amines is 1. The molecule has 0 aliphatic heterocycles. The molecule has 7 atom stereocenters. The van der Waals surface area contributed by atoms with E-state index in [0.717, 1.165) is 31.2 Å². The van der Waals surface area contributed by atoms with E-state index in [1.807, 2.05) is 37.3 Å². The van der Waals surface area contributed by atoms with Crippen LogP contribution in [0, 0.1) is 10.8 Å². The first-order valence-electron chi connectivity index (χ1n) is 23.8. The molecule has 32 N–H and O–H groups in total. The number of hydrogen-bond acceptors (Lipinski definition) is 19. The van der Waals surface area contributed by atoms with Crippen LogP contribution in [0.2, 0.25) is 0 Å². The van der Waals surface area contributed by atoms with Gasteiger partial charge in [-0.2, -0.15) is 0 Å². The van der Waals surface area contributed by atoms with Crippen molar-refractivity contribution in [1.29, 1.82) is 10.8 Å². The fraction of sp³-hybridized carbons (Fsp3) is 0.556. The Labute approximate surface area is 462 Å². The lowest BCUT2D eigenvalue weighted by Gasteiger charge is -2.11. The predicted molar refractivity (Wildman–Crippen MR) is 292 cm³/mol. The molecule has 0 spiro atoms. The van der Waals surface area contributed by atoms with Gasteiger partial charge in [0, 0.05) is 32.6 Å². The lowest BCUT2D eigenvalue weighted by molar-refractivity contribution is -0.144. The van der Waals surface area contributed by atoms with Gasteiger partial charge in [0.1, 0.15) is 42.3 Å².